The lowest BCUT2D eigenvalue weighted by molar-refractivity contribution is -0.137. The van der Waals surface area contributed by atoms with Crippen molar-refractivity contribution in [2.45, 2.75) is 33.0 Å². The van der Waals surface area contributed by atoms with E-state index in [0.717, 1.165) is 11.6 Å². The van der Waals surface area contributed by atoms with Crippen molar-refractivity contribution in [1.29, 1.82) is 0 Å². The molecule has 1 aromatic heterocycles. The predicted octanol–water partition coefficient (Wildman–Crippen LogP) is 3.55. The first kappa shape index (κ1) is 19.9. The first-order valence-electron chi connectivity index (χ1n) is 8.78. The van der Waals surface area contributed by atoms with E-state index in [-0.39, 0.29) is 24.9 Å². The molecule has 0 aliphatic carbocycles. The van der Waals surface area contributed by atoms with Crippen LogP contribution in [0.2, 0.25) is 0 Å². The number of hydrogen-bond acceptors (Lipinski definition) is 6. The summed E-state index contributed by atoms with van der Waals surface area (Å²) in [6, 6.07) is 3.79. The average molecular weight is 395 g/mol. The second-order valence-corrected chi connectivity index (χ2v) is 6.38. The van der Waals surface area contributed by atoms with Gasteiger partial charge in [0.05, 0.1) is 19.3 Å². The zero-order chi connectivity index (χ0) is 20.5. The van der Waals surface area contributed by atoms with Gasteiger partial charge < -0.3 is 14.4 Å². The van der Waals surface area contributed by atoms with Crippen molar-refractivity contribution in [3.8, 4) is 6.01 Å². The molecule has 0 saturated heterocycles. The lowest BCUT2D eigenvalue weighted by Gasteiger charge is -2.31. The number of aromatic nitrogens is 2. The van der Waals surface area contributed by atoms with Crippen LogP contribution in [-0.2, 0) is 23.9 Å². The fraction of sp³-hybridized carbons (Fsp3) is 0.421. The molecule has 3 rings (SSSR count). The van der Waals surface area contributed by atoms with E-state index in [4.69, 9.17) is 9.47 Å². The molecule has 1 aromatic carbocycles. The fourth-order valence-corrected chi connectivity index (χ4v) is 3.20. The maximum absolute atomic E-state index is 13.1. The van der Waals surface area contributed by atoms with Crippen molar-refractivity contribution in [3.63, 3.8) is 0 Å². The minimum Gasteiger partial charge on any atom is -0.467 e. The number of hydrogen-bond donors (Lipinski definition) is 0. The molecule has 9 heteroatoms. The average Bonchev–Trinajstić information content (AvgIpc) is 2.66. The molecule has 0 N–H and O–H groups in total. The molecular weight excluding hydrogens is 375 g/mol. The first-order chi connectivity index (χ1) is 13.2. The number of alkyl halides is 3. The van der Waals surface area contributed by atoms with Crippen LogP contribution in [0.25, 0.3) is 0 Å². The van der Waals surface area contributed by atoms with Gasteiger partial charge in [-0.15, -0.1) is 0 Å². The van der Waals surface area contributed by atoms with Gasteiger partial charge in [0.25, 0.3) is 0 Å². The monoisotopic (exact) mass is 395 g/mol. The number of ether oxygens (including phenoxy) is 2. The Balaban J connectivity index is 1.99. The first-order valence-corrected chi connectivity index (χ1v) is 8.78. The number of rotatable bonds is 4. The van der Waals surface area contributed by atoms with E-state index in [1.807, 2.05) is 4.90 Å². The highest BCUT2D eigenvalue weighted by Gasteiger charge is 2.32. The molecule has 2 aromatic rings. The van der Waals surface area contributed by atoms with Gasteiger partial charge in [-0.05, 0) is 43.5 Å². The number of anilines is 1. The molecule has 0 radical (unpaired) electrons. The Morgan fingerprint density at radius 3 is 2.64 bits per heavy atom. The molecule has 0 fully saturated rings. The van der Waals surface area contributed by atoms with Crippen LogP contribution in [0.3, 0.4) is 0 Å². The molecule has 0 saturated carbocycles. The van der Waals surface area contributed by atoms with Gasteiger partial charge in [0.15, 0.2) is 5.69 Å². The number of carbonyl (C=O) groups excluding carboxylic acids is 1. The van der Waals surface area contributed by atoms with Crippen LogP contribution < -0.4 is 9.64 Å². The standard InChI is InChI=1S/C19H20F3N3O3/c1-4-28-17(26)15-11(2)16(24-18(23-15)27-3)25-8-7-12-5-6-14(19(20,21)22)9-13(12)10-25/h5-6,9H,4,7-8,10H2,1-3H3. The van der Waals surface area contributed by atoms with Crippen molar-refractivity contribution in [3.05, 3.63) is 46.1 Å². The van der Waals surface area contributed by atoms with Gasteiger partial charge in [0.2, 0.25) is 0 Å². The van der Waals surface area contributed by atoms with E-state index < -0.39 is 17.7 Å². The highest BCUT2D eigenvalue weighted by Crippen LogP contribution is 2.34. The highest BCUT2D eigenvalue weighted by atomic mass is 19.4. The number of fused-ring (bicyclic) bond motifs is 1. The van der Waals surface area contributed by atoms with Crippen molar-refractivity contribution in [1.82, 2.24) is 9.97 Å². The van der Waals surface area contributed by atoms with Crippen molar-refractivity contribution < 1.29 is 27.4 Å². The van der Waals surface area contributed by atoms with Gasteiger partial charge in [-0.1, -0.05) is 6.07 Å². The molecule has 0 unspecified atom stereocenters. The van der Waals surface area contributed by atoms with E-state index in [0.29, 0.717) is 29.9 Å². The molecule has 0 spiro atoms. The minimum atomic E-state index is -4.40. The lowest BCUT2D eigenvalue weighted by atomic mass is 9.97. The smallest absolute Gasteiger partial charge is 0.416 e. The summed E-state index contributed by atoms with van der Waals surface area (Å²) in [7, 11) is 1.38. The third-order valence-corrected chi connectivity index (χ3v) is 4.60. The number of nitrogens with zero attached hydrogens (tertiary/aromatic N) is 3. The van der Waals surface area contributed by atoms with Crippen LogP contribution in [0.4, 0.5) is 19.0 Å². The lowest BCUT2D eigenvalue weighted by Crippen LogP contribution is -2.32. The summed E-state index contributed by atoms with van der Waals surface area (Å²) >= 11 is 0. The Kier molecular flexibility index (Phi) is 5.44. The number of esters is 1. The third kappa shape index (κ3) is 3.88. The molecule has 6 nitrogen and oxygen atoms in total. The summed E-state index contributed by atoms with van der Waals surface area (Å²) < 4.78 is 49.3. The zero-order valence-electron chi connectivity index (χ0n) is 15.8. The van der Waals surface area contributed by atoms with E-state index in [1.54, 1.807) is 13.8 Å². The molecular formula is C19H20F3N3O3. The van der Waals surface area contributed by atoms with Crippen LogP contribution in [-0.4, -0.2) is 36.2 Å². The van der Waals surface area contributed by atoms with Gasteiger partial charge in [0.1, 0.15) is 5.82 Å². The number of benzene rings is 1. The predicted molar refractivity (Wildman–Crippen MR) is 95.5 cm³/mol. The van der Waals surface area contributed by atoms with Crippen LogP contribution in [0.1, 0.15) is 39.7 Å². The number of carbonyl (C=O) groups is 1. The van der Waals surface area contributed by atoms with E-state index in [2.05, 4.69) is 9.97 Å². The molecule has 1 aliphatic rings. The quantitative estimate of drug-likeness (QED) is 0.738. The third-order valence-electron chi connectivity index (χ3n) is 4.60. The maximum Gasteiger partial charge on any atom is 0.416 e. The molecule has 2 heterocycles. The molecule has 28 heavy (non-hydrogen) atoms. The topological polar surface area (TPSA) is 64.5 Å². The Morgan fingerprint density at radius 2 is 2.00 bits per heavy atom. The van der Waals surface area contributed by atoms with Gasteiger partial charge in [0, 0.05) is 18.7 Å². The van der Waals surface area contributed by atoms with Gasteiger partial charge in [-0.25, -0.2) is 4.79 Å². The fourth-order valence-electron chi connectivity index (χ4n) is 3.20. The maximum atomic E-state index is 13.1. The van der Waals surface area contributed by atoms with E-state index in [1.165, 1.54) is 19.2 Å². The highest BCUT2D eigenvalue weighted by molar-refractivity contribution is 5.90. The van der Waals surface area contributed by atoms with E-state index >= 15 is 0 Å². The summed E-state index contributed by atoms with van der Waals surface area (Å²) in [5.74, 6) is -0.156. The van der Waals surface area contributed by atoms with Crippen LogP contribution in [0.5, 0.6) is 6.01 Å². The second-order valence-electron chi connectivity index (χ2n) is 6.38. The summed E-state index contributed by atoms with van der Waals surface area (Å²) in [5.41, 5.74) is 1.34. The molecule has 0 atom stereocenters. The molecule has 1 aliphatic heterocycles. The van der Waals surface area contributed by atoms with Gasteiger partial charge in [-0.2, -0.15) is 23.1 Å². The minimum absolute atomic E-state index is 0.00140. The molecule has 0 amide bonds. The Morgan fingerprint density at radius 1 is 1.25 bits per heavy atom. The number of halogens is 3. The van der Waals surface area contributed by atoms with Gasteiger partial charge in [-0.3, -0.25) is 0 Å². The van der Waals surface area contributed by atoms with Crippen LogP contribution in [0, 0.1) is 6.92 Å². The summed E-state index contributed by atoms with van der Waals surface area (Å²) in [6.07, 6.45) is -3.84. The number of methoxy groups -OCH3 is 1. The van der Waals surface area contributed by atoms with Gasteiger partial charge >= 0.3 is 18.2 Å². The summed E-state index contributed by atoms with van der Waals surface area (Å²) in [4.78, 5) is 22.4. The molecule has 150 valence electrons. The van der Waals surface area contributed by atoms with Crippen molar-refractivity contribution in [2.75, 3.05) is 25.2 Å². The van der Waals surface area contributed by atoms with E-state index in [9.17, 15) is 18.0 Å². The van der Waals surface area contributed by atoms with Crippen molar-refractivity contribution >= 4 is 11.8 Å². The SMILES string of the molecule is CCOC(=O)c1nc(OC)nc(N2CCc3ccc(C(F)(F)F)cc3C2)c1C. The Labute approximate surface area is 160 Å². The van der Waals surface area contributed by atoms with Crippen LogP contribution >= 0.6 is 0 Å². The normalized spacial score (nSPS) is 13.9. The Bertz CT molecular complexity index is 900. The van der Waals surface area contributed by atoms with Crippen molar-refractivity contribution in [2.24, 2.45) is 0 Å². The zero-order valence-corrected chi connectivity index (χ0v) is 15.8. The second kappa shape index (κ2) is 7.65. The summed E-state index contributed by atoms with van der Waals surface area (Å²) in [5, 5.41) is 0. The summed E-state index contributed by atoms with van der Waals surface area (Å²) in [6.45, 7) is 4.34. The largest absolute Gasteiger partial charge is 0.467 e. The molecule has 0 bridgehead atoms. The Hall–Kier alpha value is -2.84. The van der Waals surface area contributed by atoms with Crippen LogP contribution in [0.15, 0.2) is 18.2 Å².